The van der Waals surface area contributed by atoms with E-state index < -0.39 is 0 Å². The molecule has 0 aromatic heterocycles. The normalized spacial score (nSPS) is 9.71. The summed E-state index contributed by atoms with van der Waals surface area (Å²) >= 11 is 0. The van der Waals surface area contributed by atoms with E-state index in [4.69, 9.17) is 5.26 Å². The van der Waals surface area contributed by atoms with Gasteiger partial charge in [-0.25, -0.2) is 4.79 Å². The van der Waals surface area contributed by atoms with Crippen molar-refractivity contribution in [3.05, 3.63) is 65.7 Å². The highest BCUT2D eigenvalue weighted by Gasteiger charge is 2.12. The van der Waals surface area contributed by atoms with Crippen molar-refractivity contribution in [2.45, 2.75) is 13.5 Å². The number of carbonyl (C=O) groups excluding carboxylic acids is 1. The number of nitrogens with one attached hydrogen (secondary N) is 1. The maximum Gasteiger partial charge on any atom is 0.322 e. The zero-order valence-electron chi connectivity index (χ0n) is 11.9. The fourth-order valence-corrected chi connectivity index (χ4v) is 1.96. The van der Waals surface area contributed by atoms with Gasteiger partial charge in [0.05, 0.1) is 11.6 Å². The Bertz CT molecular complexity index is 629. The monoisotopic (exact) mass is 279 g/mol. The van der Waals surface area contributed by atoms with Gasteiger partial charge in [0.1, 0.15) is 0 Å². The molecule has 0 aliphatic heterocycles. The lowest BCUT2D eigenvalue weighted by atomic mass is 10.2. The van der Waals surface area contributed by atoms with Crippen LogP contribution < -0.4 is 5.32 Å². The van der Waals surface area contributed by atoms with Gasteiger partial charge in [-0.2, -0.15) is 5.26 Å². The Labute approximate surface area is 124 Å². The number of urea groups is 1. The SMILES string of the molecule is CCN(Cc1ccccc1)C(=O)Nc1ccc(C#N)cc1. The Morgan fingerprint density at radius 1 is 1.14 bits per heavy atom. The van der Waals surface area contributed by atoms with Gasteiger partial charge in [-0.05, 0) is 36.8 Å². The molecule has 0 spiro atoms. The fraction of sp³-hybridized carbons (Fsp3) is 0.176. The number of amides is 2. The van der Waals surface area contributed by atoms with Crippen LogP contribution in [0.2, 0.25) is 0 Å². The van der Waals surface area contributed by atoms with Crippen LogP contribution in [0.25, 0.3) is 0 Å². The largest absolute Gasteiger partial charge is 0.322 e. The van der Waals surface area contributed by atoms with Gasteiger partial charge in [0.15, 0.2) is 0 Å². The van der Waals surface area contributed by atoms with Gasteiger partial charge in [0.25, 0.3) is 0 Å². The molecule has 0 unspecified atom stereocenters. The number of carbonyl (C=O) groups is 1. The van der Waals surface area contributed by atoms with Crippen molar-refractivity contribution in [2.75, 3.05) is 11.9 Å². The summed E-state index contributed by atoms with van der Waals surface area (Å²) in [7, 11) is 0. The van der Waals surface area contributed by atoms with E-state index >= 15 is 0 Å². The lowest BCUT2D eigenvalue weighted by molar-refractivity contribution is 0.212. The number of hydrogen-bond donors (Lipinski definition) is 1. The lowest BCUT2D eigenvalue weighted by Crippen LogP contribution is -2.34. The van der Waals surface area contributed by atoms with E-state index in [1.54, 1.807) is 29.2 Å². The molecule has 0 aliphatic carbocycles. The molecule has 2 amide bonds. The predicted octanol–water partition coefficient (Wildman–Crippen LogP) is 3.61. The lowest BCUT2D eigenvalue weighted by Gasteiger charge is -2.21. The van der Waals surface area contributed by atoms with Crippen molar-refractivity contribution in [3.8, 4) is 6.07 Å². The zero-order valence-corrected chi connectivity index (χ0v) is 11.9. The van der Waals surface area contributed by atoms with Gasteiger partial charge in [-0.1, -0.05) is 30.3 Å². The molecule has 106 valence electrons. The summed E-state index contributed by atoms with van der Waals surface area (Å²) in [6.45, 7) is 3.14. The first kappa shape index (κ1) is 14.6. The van der Waals surface area contributed by atoms with Crippen LogP contribution in [0.15, 0.2) is 54.6 Å². The summed E-state index contributed by atoms with van der Waals surface area (Å²) in [5.41, 5.74) is 2.35. The minimum absolute atomic E-state index is 0.147. The number of nitriles is 1. The minimum atomic E-state index is -0.147. The van der Waals surface area contributed by atoms with Crippen LogP contribution in [0.3, 0.4) is 0 Å². The first-order valence-corrected chi connectivity index (χ1v) is 6.83. The van der Waals surface area contributed by atoms with Gasteiger partial charge >= 0.3 is 6.03 Å². The summed E-state index contributed by atoms with van der Waals surface area (Å²) in [6.07, 6.45) is 0. The van der Waals surface area contributed by atoms with Crippen LogP contribution in [0.5, 0.6) is 0 Å². The Balaban J connectivity index is 2.01. The number of rotatable bonds is 4. The van der Waals surface area contributed by atoms with E-state index in [-0.39, 0.29) is 6.03 Å². The van der Waals surface area contributed by atoms with Crippen LogP contribution >= 0.6 is 0 Å². The number of hydrogen-bond acceptors (Lipinski definition) is 2. The van der Waals surface area contributed by atoms with Crippen LogP contribution in [-0.4, -0.2) is 17.5 Å². The van der Waals surface area contributed by atoms with Gasteiger partial charge in [-0.15, -0.1) is 0 Å². The molecule has 1 N–H and O–H groups in total. The number of benzene rings is 2. The van der Waals surface area contributed by atoms with Crippen LogP contribution in [0.1, 0.15) is 18.1 Å². The van der Waals surface area contributed by atoms with Crippen LogP contribution in [0, 0.1) is 11.3 Å². The van der Waals surface area contributed by atoms with Crippen molar-refractivity contribution in [2.24, 2.45) is 0 Å². The molecule has 0 bridgehead atoms. The van der Waals surface area contributed by atoms with Crippen molar-refractivity contribution < 1.29 is 4.79 Å². The molecule has 0 saturated heterocycles. The first-order chi connectivity index (χ1) is 10.2. The molecule has 4 nitrogen and oxygen atoms in total. The molecule has 2 aromatic rings. The third kappa shape index (κ3) is 4.08. The fourth-order valence-electron chi connectivity index (χ4n) is 1.96. The molecule has 0 fully saturated rings. The Morgan fingerprint density at radius 3 is 2.38 bits per heavy atom. The summed E-state index contributed by atoms with van der Waals surface area (Å²) in [4.78, 5) is 14.0. The first-order valence-electron chi connectivity index (χ1n) is 6.83. The average Bonchev–Trinajstić information content (AvgIpc) is 2.54. The summed E-state index contributed by atoms with van der Waals surface area (Å²) in [5.74, 6) is 0. The maximum absolute atomic E-state index is 12.3. The smallest absolute Gasteiger partial charge is 0.320 e. The Morgan fingerprint density at radius 2 is 1.81 bits per heavy atom. The minimum Gasteiger partial charge on any atom is -0.320 e. The van der Waals surface area contributed by atoms with E-state index in [0.717, 1.165) is 5.56 Å². The second-order valence-corrected chi connectivity index (χ2v) is 4.62. The van der Waals surface area contributed by atoms with Crippen LogP contribution in [-0.2, 0) is 6.54 Å². The van der Waals surface area contributed by atoms with Crippen LogP contribution in [0.4, 0.5) is 10.5 Å². The highest BCUT2D eigenvalue weighted by Crippen LogP contribution is 2.11. The zero-order chi connectivity index (χ0) is 15.1. The van der Waals surface area contributed by atoms with E-state index in [1.807, 2.05) is 37.3 Å². The van der Waals surface area contributed by atoms with Crippen molar-refractivity contribution in [3.63, 3.8) is 0 Å². The molecule has 0 radical (unpaired) electrons. The van der Waals surface area contributed by atoms with Gasteiger partial charge in [0, 0.05) is 18.8 Å². The van der Waals surface area contributed by atoms with Gasteiger partial charge in [0.2, 0.25) is 0 Å². The summed E-state index contributed by atoms with van der Waals surface area (Å²) in [6, 6.07) is 18.6. The predicted molar refractivity (Wildman–Crippen MR) is 82.7 cm³/mol. The van der Waals surface area contributed by atoms with E-state index in [2.05, 4.69) is 11.4 Å². The molecule has 0 aliphatic rings. The number of anilines is 1. The molecular formula is C17H17N3O. The maximum atomic E-state index is 12.3. The highest BCUT2D eigenvalue weighted by molar-refractivity contribution is 5.89. The third-order valence-corrected chi connectivity index (χ3v) is 3.15. The molecule has 4 heteroatoms. The topological polar surface area (TPSA) is 56.1 Å². The molecule has 0 heterocycles. The van der Waals surface area contributed by atoms with Crippen molar-refractivity contribution in [1.82, 2.24) is 4.90 Å². The third-order valence-electron chi connectivity index (χ3n) is 3.15. The molecule has 0 saturated carbocycles. The highest BCUT2D eigenvalue weighted by atomic mass is 16.2. The summed E-state index contributed by atoms with van der Waals surface area (Å²) < 4.78 is 0. The second-order valence-electron chi connectivity index (χ2n) is 4.62. The molecule has 0 atom stereocenters. The summed E-state index contributed by atoms with van der Waals surface area (Å²) in [5, 5.41) is 11.6. The Kier molecular flexibility index (Phi) is 4.94. The average molecular weight is 279 g/mol. The molecule has 21 heavy (non-hydrogen) atoms. The van der Waals surface area contributed by atoms with E-state index in [9.17, 15) is 4.79 Å². The van der Waals surface area contributed by atoms with Crippen molar-refractivity contribution >= 4 is 11.7 Å². The quantitative estimate of drug-likeness (QED) is 0.929. The number of nitrogens with zero attached hydrogens (tertiary/aromatic N) is 2. The standard InChI is InChI=1S/C17H17N3O/c1-2-20(13-15-6-4-3-5-7-15)17(21)19-16-10-8-14(12-18)9-11-16/h3-11H,2,13H2,1H3,(H,19,21). The van der Waals surface area contributed by atoms with Crippen molar-refractivity contribution in [1.29, 1.82) is 5.26 Å². The van der Waals surface area contributed by atoms with Gasteiger partial charge in [-0.3, -0.25) is 0 Å². The van der Waals surface area contributed by atoms with E-state index in [1.165, 1.54) is 0 Å². The molecular weight excluding hydrogens is 262 g/mol. The second kappa shape index (κ2) is 7.11. The molecule has 2 rings (SSSR count). The van der Waals surface area contributed by atoms with E-state index in [0.29, 0.717) is 24.3 Å². The van der Waals surface area contributed by atoms with Gasteiger partial charge < -0.3 is 10.2 Å². The molecule has 2 aromatic carbocycles. The Hall–Kier alpha value is -2.80.